The van der Waals surface area contributed by atoms with E-state index < -0.39 is 21.5 Å². The Hall–Kier alpha value is -0.910. The largest absolute Gasteiger partial charge is 0.387 e. The lowest BCUT2D eigenvalue weighted by molar-refractivity contribution is 0.104. The van der Waals surface area contributed by atoms with Crippen LogP contribution in [0.25, 0.3) is 0 Å². The summed E-state index contributed by atoms with van der Waals surface area (Å²) in [7, 11) is -3.19. The number of rotatable bonds is 3. The van der Waals surface area contributed by atoms with Crippen LogP contribution in [0.5, 0.6) is 0 Å². The van der Waals surface area contributed by atoms with Crippen LogP contribution in [0, 0.1) is 0 Å². The predicted octanol–water partition coefficient (Wildman–Crippen LogP) is 0.861. The molecule has 5 heteroatoms. The lowest BCUT2D eigenvalue weighted by atomic mass is 9.93. The molecule has 0 radical (unpaired) electrons. The number of nitrogens with two attached hydrogens (primary N) is 1. The molecule has 90 valence electrons. The molecule has 0 saturated heterocycles. The van der Waals surface area contributed by atoms with Gasteiger partial charge < -0.3 is 10.8 Å². The van der Waals surface area contributed by atoms with Crippen molar-refractivity contribution < 1.29 is 13.5 Å². The lowest BCUT2D eigenvalue weighted by Gasteiger charge is -2.26. The van der Waals surface area contributed by atoms with Gasteiger partial charge in [-0.1, -0.05) is 12.1 Å². The van der Waals surface area contributed by atoms with Gasteiger partial charge in [0.25, 0.3) is 0 Å². The minimum atomic E-state index is -3.19. The molecular weight excluding hydrogens is 226 g/mol. The minimum absolute atomic E-state index is 0.235. The van der Waals surface area contributed by atoms with Crippen molar-refractivity contribution in [1.82, 2.24) is 0 Å². The van der Waals surface area contributed by atoms with Crippen LogP contribution in [0.15, 0.2) is 29.2 Å². The maximum absolute atomic E-state index is 11.2. The zero-order chi connectivity index (χ0) is 12.6. The van der Waals surface area contributed by atoms with Crippen molar-refractivity contribution in [2.75, 3.05) is 6.26 Å². The third kappa shape index (κ3) is 3.04. The second-order valence-electron chi connectivity index (χ2n) is 4.57. The maximum Gasteiger partial charge on any atom is 0.175 e. The molecule has 0 heterocycles. The van der Waals surface area contributed by atoms with E-state index in [1.54, 1.807) is 26.0 Å². The fraction of sp³-hybridized carbons (Fsp3) is 0.455. The second kappa shape index (κ2) is 4.16. The first-order chi connectivity index (χ1) is 7.12. The molecule has 0 aliphatic rings. The molecule has 0 amide bonds. The van der Waals surface area contributed by atoms with Gasteiger partial charge in [-0.25, -0.2) is 8.42 Å². The summed E-state index contributed by atoms with van der Waals surface area (Å²) in [5.41, 5.74) is 5.62. The smallest absolute Gasteiger partial charge is 0.175 e. The normalized spacial score (nSPS) is 14.8. The third-order valence-corrected chi connectivity index (χ3v) is 3.46. The van der Waals surface area contributed by atoms with Gasteiger partial charge in [0.1, 0.15) is 0 Å². The van der Waals surface area contributed by atoms with Crippen LogP contribution in [0.3, 0.4) is 0 Å². The number of benzene rings is 1. The number of hydrogen-bond donors (Lipinski definition) is 2. The van der Waals surface area contributed by atoms with Crippen molar-refractivity contribution in [2.45, 2.75) is 30.4 Å². The summed E-state index contributed by atoms with van der Waals surface area (Å²) >= 11 is 0. The van der Waals surface area contributed by atoms with Crippen molar-refractivity contribution in [3.05, 3.63) is 29.8 Å². The Morgan fingerprint density at radius 1 is 1.25 bits per heavy atom. The van der Waals surface area contributed by atoms with Crippen molar-refractivity contribution in [2.24, 2.45) is 5.73 Å². The zero-order valence-electron chi connectivity index (χ0n) is 9.64. The van der Waals surface area contributed by atoms with Crippen LogP contribution in [0.1, 0.15) is 25.5 Å². The van der Waals surface area contributed by atoms with Gasteiger partial charge in [0.2, 0.25) is 0 Å². The van der Waals surface area contributed by atoms with Gasteiger partial charge in [-0.05, 0) is 31.5 Å². The molecule has 0 aliphatic heterocycles. The highest BCUT2D eigenvalue weighted by molar-refractivity contribution is 7.90. The minimum Gasteiger partial charge on any atom is -0.387 e. The van der Waals surface area contributed by atoms with Crippen LogP contribution >= 0.6 is 0 Å². The van der Waals surface area contributed by atoms with Crippen LogP contribution in [0.2, 0.25) is 0 Å². The molecule has 16 heavy (non-hydrogen) atoms. The first-order valence-electron chi connectivity index (χ1n) is 4.89. The van der Waals surface area contributed by atoms with Crippen LogP contribution in [-0.2, 0) is 9.84 Å². The van der Waals surface area contributed by atoms with E-state index in [0.29, 0.717) is 5.56 Å². The number of hydrogen-bond acceptors (Lipinski definition) is 4. The average molecular weight is 243 g/mol. The van der Waals surface area contributed by atoms with Gasteiger partial charge in [0.15, 0.2) is 9.84 Å². The van der Waals surface area contributed by atoms with Gasteiger partial charge >= 0.3 is 0 Å². The number of aliphatic hydroxyl groups excluding tert-OH is 1. The Morgan fingerprint density at radius 3 is 2.00 bits per heavy atom. The topological polar surface area (TPSA) is 80.4 Å². The molecular formula is C11H17NO3S. The van der Waals surface area contributed by atoms with Crippen LogP contribution < -0.4 is 5.73 Å². The summed E-state index contributed by atoms with van der Waals surface area (Å²) < 4.78 is 22.4. The maximum atomic E-state index is 11.2. The third-order valence-electron chi connectivity index (χ3n) is 2.33. The molecule has 1 atom stereocenters. The van der Waals surface area contributed by atoms with Crippen molar-refractivity contribution in [3.63, 3.8) is 0 Å². The quantitative estimate of drug-likeness (QED) is 0.825. The Morgan fingerprint density at radius 2 is 1.69 bits per heavy atom. The Kier molecular flexibility index (Phi) is 3.42. The highest BCUT2D eigenvalue weighted by Crippen LogP contribution is 2.24. The highest BCUT2D eigenvalue weighted by atomic mass is 32.2. The van der Waals surface area contributed by atoms with E-state index in [1.807, 2.05) is 0 Å². The first kappa shape index (κ1) is 13.2. The molecule has 0 saturated carbocycles. The summed E-state index contributed by atoms with van der Waals surface area (Å²) in [6, 6.07) is 6.10. The Labute approximate surface area is 96.0 Å². The fourth-order valence-corrected chi connectivity index (χ4v) is 1.96. The summed E-state index contributed by atoms with van der Waals surface area (Å²) in [5.74, 6) is 0. The SMILES string of the molecule is CC(C)(N)C(O)c1ccc(S(C)(=O)=O)cc1. The van der Waals surface area contributed by atoms with E-state index >= 15 is 0 Å². The predicted molar refractivity (Wildman–Crippen MR) is 62.8 cm³/mol. The molecule has 0 bridgehead atoms. The average Bonchev–Trinajstić information content (AvgIpc) is 2.14. The van der Waals surface area contributed by atoms with Crippen molar-refractivity contribution in [1.29, 1.82) is 0 Å². The second-order valence-corrected chi connectivity index (χ2v) is 6.58. The van der Waals surface area contributed by atoms with E-state index in [0.717, 1.165) is 6.26 Å². The Balaban J connectivity index is 3.05. The van der Waals surface area contributed by atoms with E-state index in [4.69, 9.17) is 5.73 Å². The fourth-order valence-electron chi connectivity index (χ4n) is 1.33. The van der Waals surface area contributed by atoms with Gasteiger partial charge in [0.05, 0.1) is 11.0 Å². The molecule has 3 N–H and O–H groups in total. The molecule has 1 rings (SSSR count). The van der Waals surface area contributed by atoms with Crippen molar-refractivity contribution >= 4 is 9.84 Å². The summed E-state index contributed by atoms with van der Waals surface area (Å²) in [6.07, 6.45) is 0.326. The number of aliphatic hydroxyl groups is 1. The van der Waals surface area contributed by atoms with Gasteiger partial charge in [-0.15, -0.1) is 0 Å². The summed E-state index contributed by atoms with van der Waals surface area (Å²) in [6.45, 7) is 3.42. The van der Waals surface area contributed by atoms with Gasteiger partial charge in [-0.3, -0.25) is 0 Å². The van der Waals surface area contributed by atoms with Crippen LogP contribution in [-0.4, -0.2) is 25.3 Å². The molecule has 0 aliphatic carbocycles. The summed E-state index contributed by atoms with van der Waals surface area (Å²) in [4.78, 5) is 0.235. The molecule has 0 aromatic heterocycles. The lowest BCUT2D eigenvalue weighted by Crippen LogP contribution is -2.39. The first-order valence-corrected chi connectivity index (χ1v) is 6.78. The van der Waals surface area contributed by atoms with E-state index in [1.165, 1.54) is 12.1 Å². The summed E-state index contributed by atoms with van der Waals surface area (Å²) in [5, 5.41) is 9.88. The van der Waals surface area contributed by atoms with Gasteiger partial charge in [0, 0.05) is 11.8 Å². The van der Waals surface area contributed by atoms with Crippen molar-refractivity contribution in [3.8, 4) is 0 Å². The Bertz CT molecular complexity index is 457. The standard InChI is InChI=1S/C11H17NO3S/c1-11(2,12)10(13)8-4-6-9(7-5-8)16(3,14)15/h4-7,10,13H,12H2,1-3H3. The van der Waals surface area contributed by atoms with Crippen LogP contribution in [0.4, 0.5) is 0 Å². The van der Waals surface area contributed by atoms with E-state index in [9.17, 15) is 13.5 Å². The molecule has 4 nitrogen and oxygen atoms in total. The molecule has 0 spiro atoms. The molecule has 1 aromatic rings. The van der Waals surface area contributed by atoms with E-state index in [-0.39, 0.29) is 4.90 Å². The van der Waals surface area contributed by atoms with E-state index in [2.05, 4.69) is 0 Å². The number of sulfone groups is 1. The molecule has 1 aromatic carbocycles. The van der Waals surface area contributed by atoms with Gasteiger partial charge in [-0.2, -0.15) is 0 Å². The highest BCUT2D eigenvalue weighted by Gasteiger charge is 2.24. The molecule has 0 fully saturated rings. The zero-order valence-corrected chi connectivity index (χ0v) is 10.5. The molecule has 1 unspecified atom stereocenters. The monoisotopic (exact) mass is 243 g/mol.